The minimum atomic E-state index is 0.280. The van der Waals surface area contributed by atoms with E-state index in [2.05, 4.69) is 58.6 Å². The molecule has 2 saturated heterocycles. The molecule has 2 unspecified atom stereocenters. The number of thioether (sulfide) groups is 1. The molecule has 2 fully saturated rings. The second kappa shape index (κ2) is 10.9. The molecule has 0 aliphatic carbocycles. The van der Waals surface area contributed by atoms with Crippen molar-refractivity contribution in [2.24, 2.45) is 4.99 Å². The molecule has 0 saturated carbocycles. The molecule has 1 N–H and O–H groups in total. The van der Waals surface area contributed by atoms with Gasteiger partial charge < -0.3 is 15.0 Å². The fourth-order valence-corrected chi connectivity index (χ4v) is 4.41. The number of unbranched alkanes of at least 4 members (excludes halogenated alkanes) is 1. The van der Waals surface area contributed by atoms with Crippen molar-refractivity contribution in [2.45, 2.75) is 38.5 Å². The normalized spacial score (nSPS) is 23.5. The summed E-state index contributed by atoms with van der Waals surface area (Å²) in [5.74, 6) is 2.28. The first kappa shape index (κ1) is 20.5. The molecule has 2 aliphatic rings. The van der Waals surface area contributed by atoms with E-state index in [9.17, 15) is 0 Å². The van der Waals surface area contributed by atoms with Crippen LogP contribution in [0, 0.1) is 0 Å². The third-order valence-corrected chi connectivity index (χ3v) is 5.99. The second-order valence-corrected chi connectivity index (χ2v) is 8.26. The van der Waals surface area contributed by atoms with E-state index in [-0.39, 0.29) is 6.10 Å². The topological polar surface area (TPSA) is 40.1 Å². The molecule has 0 aromatic heterocycles. The summed E-state index contributed by atoms with van der Waals surface area (Å²) in [4.78, 5) is 9.87. The first-order valence-corrected chi connectivity index (χ1v) is 11.6. The van der Waals surface area contributed by atoms with Gasteiger partial charge in [0, 0.05) is 39.3 Å². The van der Waals surface area contributed by atoms with Gasteiger partial charge in [-0.2, -0.15) is 11.8 Å². The van der Waals surface area contributed by atoms with Crippen molar-refractivity contribution < 1.29 is 4.74 Å². The lowest BCUT2D eigenvalue weighted by atomic mass is 10.1. The molecule has 150 valence electrons. The van der Waals surface area contributed by atoms with Crippen LogP contribution in [-0.2, 0) is 11.3 Å². The van der Waals surface area contributed by atoms with E-state index in [1.165, 1.54) is 17.7 Å². The zero-order valence-corrected chi connectivity index (χ0v) is 17.6. The zero-order chi connectivity index (χ0) is 18.9. The van der Waals surface area contributed by atoms with Crippen LogP contribution < -0.4 is 5.32 Å². The Morgan fingerprint density at radius 2 is 2.11 bits per heavy atom. The molecule has 1 aromatic rings. The van der Waals surface area contributed by atoms with Gasteiger partial charge in [-0.05, 0) is 37.3 Å². The van der Waals surface area contributed by atoms with Gasteiger partial charge in [0.1, 0.15) is 0 Å². The minimum Gasteiger partial charge on any atom is -0.373 e. The van der Waals surface area contributed by atoms with E-state index in [1.54, 1.807) is 0 Å². The lowest BCUT2D eigenvalue weighted by Crippen LogP contribution is -2.50. The van der Waals surface area contributed by atoms with E-state index in [0.717, 1.165) is 58.3 Å². The number of morpholine rings is 1. The number of fused-ring (bicyclic) bond motifs is 1. The summed E-state index contributed by atoms with van der Waals surface area (Å²) in [7, 11) is 0. The summed E-state index contributed by atoms with van der Waals surface area (Å²) in [6.07, 6.45) is 4.85. The molecule has 5 nitrogen and oxygen atoms in total. The van der Waals surface area contributed by atoms with Crippen LogP contribution in [0.15, 0.2) is 35.3 Å². The van der Waals surface area contributed by atoms with Crippen LogP contribution in [0.2, 0.25) is 0 Å². The monoisotopic (exact) mass is 390 g/mol. The number of ether oxygens (including phenoxy) is 1. The number of likely N-dealkylation sites (tertiary alicyclic amines) is 1. The van der Waals surface area contributed by atoms with Crippen LogP contribution in [0.25, 0.3) is 0 Å². The fraction of sp³-hybridized carbons (Fsp3) is 0.667. The van der Waals surface area contributed by atoms with Gasteiger partial charge in [0.05, 0.1) is 18.8 Å². The molecular weight excluding hydrogens is 356 g/mol. The lowest BCUT2D eigenvalue weighted by molar-refractivity contribution is -0.0502. The summed E-state index contributed by atoms with van der Waals surface area (Å²) >= 11 is 1.91. The summed E-state index contributed by atoms with van der Waals surface area (Å²) < 4.78 is 6.12. The van der Waals surface area contributed by atoms with Crippen molar-refractivity contribution in [2.75, 3.05) is 51.3 Å². The van der Waals surface area contributed by atoms with Crippen molar-refractivity contribution in [1.29, 1.82) is 0 Å². The van der Waals surface area contributed by atoms with E-state index in [4.69, 9.17) is 9.73 Å². The number of benzene rings is 1. The number of nitrogens with one attached hydrogen (secondary N) is 1. The van der Waals surface area contributed by atoms with Crippen LogP contribution in [0.3, 0.4) is 0 Å². The molecule has 27 heavy (non-hydrogen) atoms. The van der Waals surface area contributed by atoms with Crippen LogP contribution >= 0.6 is 11.8 Å². The van der Waals surface area contributed by atoms with Crippen molar-refractivity contribution in [3.05, 3.63) is 35.9 Å². The van der Waals surface area contributed by atoms with Crippen LogP contribution in [0.1, 0.15) is 25.3 Å². The molecule has 2 heterocycles. The average molecular weight is 391 g/mol. The largest absolute Gasteiger partial charge is 0.373 e. The fourth-order valence-electron chi connectivity index (χ4n) is 3.91. The van der Waals surface area contributed by atoms with E-state index >= 15 is 0 Å². The predicted molar refractivity (Wildman–Crippen MR) is 116 cm³/mol. The maximum Gasteiger partial charge on any atom is 0.194 e. The molecule has 0 spiro atoms. The first-order valence-electron chi connectivity index (χ1n) is 10.2. The van der Waals surface area contributed by atoms with Gasteiger partial charge in [0.2, 0.25) is 0 Å². The Labute approximate surface area is 168 Å². The van der Waals surface area contributed by atoms with Gasteiger partial charge in [-0.1, -0.05) is 30.3 Å². The number of nitrogens with zero attached hydrogens (tertiary/aromatic N) is 3. The smallest absolute Gasteiger partial charge is 0.194 e. The van der Waals surface area contributed by atoms with Crippen molar-refractivity contribution in [3.8, 4) is 0 Å². The van der Waals surface area contributed by atoms with Gasteiger partial charge in [-0.25, -0.2) is 0 Å². The third-order valence-electron chi connectivity index (χ3n) is 5.30. The minimum absolute atomic E-state index is 0.280. The number of hydrogen-bond donors (Lipinski definition) is 1. The zero-order valence-electron chi connectivity index (χ0n) is 16.8. The predicted octanol–water partition coefficient (Wildman–Crippen LogP) is 2.68. The molecule has 0 bridgehead atoms. The molecule has 0 amide bonds. The standard InChI is InChI=1S/C21H34N4OS/c1-3-22-21(23-11-7-8-14-27-2)25-16-19-20(17-25)26-13-12-24(19)15-18-9-5-4-6-10-18/h4-6,9-10,19-20H,3,7-8,11-17H2,1-2H3,(H,22,23). The quantitative estimate of drug-likeness (QED) is 0.420. The van der Waals surface area contributed by atoms with E-state index in [1.807, 2.05) is 11.8 Å². The van der Waals surface area contributed by atoms with Crippen LogP contribution in [0.5, 0.6) is 0 Å². The Bertz CT molecular complexity index is 583. The molecule has 0 radical (unpaired) electrons. The van der Waals surface area contributed by atoms with Crippen LogP contribution in [0.4, 0.5) is 0 Å². The van der Waals surface area contributed by atoms with Crippen molar-refractivity contribution in [1.82, 2.24) is 15.1 Å². The maximum atomic E-state index is 6.12. The molecule has 2 atom stereocenters. The average Bonchev–Trinajstić information content (AvgIpc) is 3.13. The summed E-state index contributed by atoms with van der Waals surface area (Å²) in [5.41, 5.74) is 1.38. The molecule has 2 aliphatic heterocycles. The molecule has 6 heteroatoms. The lowest BCUT2D eigenvalue weighted by Gasteiger charge is -2.36. The highest BCUT2D eigenvalue weighted by Crippen LogP contribution is 2.24. The maximum absolute atomic E-state index is 6.12. The molecule has 3 rings (SSSR count). The number of rotatable bonds is 8. The molecule has 1 aromatic carbocycles. The Balaban J connectivity index is 1.60. The van der Waals surface area contributed by atoms with Gasteiger partial charge in [-0.3, -0.25) is 9.89 Å². The van der Waals surface area contributed by atoms with Gasteiger partial charge in [-0.15, -0.1) is 0 Å². The highest BCUT2D eigenvalue weighted by atomic mass is 32.2. The summed E-state index contributed by atoms with van der Waals surface area (Å²) in [6, 6.07) is 11.2. The van der Waals surface area contributed by atoms with Gasteiger partial charge in [0.25, 0.3) is 0 Å². The highest BCUT2D eigenvalue weighted by molar-refractivity contribution is 7.98. The van der Waals surface area contributed by atoms with E-state index in [0.29, 0.717) is 6.04 Å². The van der Waals surface area contributed by atoms with Gasteiger partial charge >= 0.3 is 0 Å². The second-order valence-electron chi connectivity index (χ2n) is 7.27. The third kappa shape index (κ3) is 5.87. The Hall–Kier alpha value is -1.24. The highest BCUT2D eigenvalue weighted by Gasteiger charge is 2.41. The SMILES string of the molecule is CCNC(=NCCCCSC)N1CC2OCCN(Cc3ccccc3)C2C1. The molecular formula is C21H34N4OS. The Morgan fingerprint density at radius 3 is 2.89 bits per heavy atom. The number of guanidine groups is 1. The Kier molecular flexibility index (Phi) is 8.30. The van der Waals surface area contributed by atoms with Crippen LogP contribution in [-0.4, -0.2) is 79.2 Å². The van der Waals surface area contributed by atoms with Crippen molar-refractivity contribution in [3.63, 3.8) is 0 Å². The first-order chi connectivity index (χ1) is 13.3. The van der Waals surface area contributed by atoms with Gasteiger partial charge in [0.15, 0.2) is 5.96 Å². The summed E-state index contributed by atoms with van der Waals surface area (Å²) in [6.45, 7) is 8.72. The Morgan fingerprint density at radius 1 is 1.26 bits per heavy atom. The summed E-state index contributed by atoms with van der Waals surface area (Å²) in [5, 5.41) is 3.49. The van der Waals surface area contributed by atoms with E-state index < -0.39 is 0 Å². The van der Waals surface area contributed by atoms with Crippen molar-refractivity contribution >= 4 is 17.7 Å². The number of aliphatic imine (C=N–C) groups is 1. The number of hydrogen-bond acceptors (Lipinski definition) is 4.